The van der Waals surface area contributed by atoms with Gasteiger partial charge < -0.3 is 0 Å². The lowest BCUT2D eigenvalue weighted by atomic mass is 9.68. The molecule has 2 aromatic rings. The third-order valence-electron chi connectivity index (χ3n) is 11.4. The van der Waals surface area contributed by atoms with E-state index in [4.69, 9.17) is 0 Å². The Balaban J connectivity index is 1.10. The van der Waals surface area contributed by atoms with Gasteiger partial charge in [-0.2, -0.15) is 0 Å². The normalized spacial score (nSPS) is 29.8. The van der Waals surface area contributed by atoms with Crippen molar-refractivity contribution in [2.75, 3.05) is 0 Å². The van der Waals surface area contributed by atoms with Crippen LogP contribution in [0.15, 0.2) is 42.5 Å². The van der Waals surface area contributed by atoms with Crippen molar-refractivity contribution in [2.24, 2.45) is 23.7 Å². The number of rotatable bonds is 10. The van der Waals surface area contributed by atoms with Crippen LogP contribution in [0.1, 0.15) is 152 Å². The number of halogens is 1. The van der Waals surface area contributed by atoms with E-state index in [1.165, 1.54) is 127 Å². The Kier molecular flexibility index (Phi) is 10.6. The molecule has 0 aliphatic heterocycles. The van der Waals surface area contributed by atoms with Crippen molar-refractivity contribution in [3.63, 3.8) is 0 Å². The molecule has 214 valence electrons. The van der Waals surface area contributed by atoms with E-state index in [9.17, 15) is 0 Å². The quantitative estimate of drug-likeness (QED) is 0.268. The Morgan fingerprint density at radius 1 is 0.590 bits per heavy atom. The molecular formula is C38H55F. The predicted molar refractivity (Wildman–Crippen MR) is 166 cm³/mol. The van der Waals surface area contributed by atoms with Crippen molar-refractivity contribution < 1.29 is 4.39 Å². The summed E-state index contributed by atoms with van der Waals surface area (Å²) in [6.45, 7) is 4.63. The molecule has 0 spiro atoms. The van der Waals surface area contributed by atoms with E-state index in [1.54, 1.807) is 0 Å². The zero-order chi connectivity index (χ0) is 27.0. The second-order valence-electron chi connectivity index (χ2n) is 13.7. The summed E-state index contributed by atoms with van der Waals surface area (Å²) in [4.78, 5) is 0. The Morgan fingerprint density at radius 2 is 1.15 bits per heavy atom. The van der Waals surface area contributed by atoms with E-state index in [-0.39, 0.29) is 5.82 Å². The minimum absolute atomic E-state index is 0.0388. The van der Waals surface area contributed by atoms with Crippen LogP contribution in [0.2, 0.25) is 0 Å². The minimum atomic E-state index is -0.0388. The first kappa shape index (κ1) is 28.9. The molecule has 0 atom stereocenters. The largest absolute Gasteiger partial charge is 0.206 e. The highest BCUT2D eigenvalue weighted by Gasteiger charge is 2.31. The van der Waals surface area contributed by atoms with Gasteiger partial charge in [0.1, 0.15) is 5.82 Å². The molecule has 5 rings (SSSR count). The topological polar surface area (TPSA) is 0 Å². The van der Waals surface area contributed by atoms with Gasteiger partial charge in [-0.25, -0.2) is 4.39 Å². The SMILES string of the molecule is CCCCCCC1CCC(C2CCC(c3ccc(-c4ccc(C5CCC(CC)CC5)cc4)c(F)c3)CC2)CC1. The molecule has 0 N–H and O–H groups in total. The van der Waals surface area contributed by atoms with Gasteiger partial charge in [-0.15, -0.1) is 0 Å². The maximum Gasteiger partial charge on any atom is 0.131 e. The van der Waals surface area contributed by atoms with Gasteiger partial charge in [0.15, 0.2) is 0 Å². The van der Waals surface area contributed by atoms with Gasteiger partial charge in [-0.3, -0.25) is 0 Å². The van der Waals surface area contributed by atoms with Crippen LogP contribution < -0.4 is 0 Å². The molecule has 0 unspecified atom stereocenters. The van der Waals surface area contributed by atoms with Crippen LogP contribution in [0.25, 0.3) is 11.1 Å². The molecule has 0 amide bonds. The van der Waals surface area contributed by atoms with Crippen LogP contribution in [-0.2, 0) is 0 Å². The molecule has 0 aromatic heterocycles. The first-order valence-corrected chi connectivity index (χ1v) is 17.0. The van der Waals surface area contributed by atoms with E-state index in [0.717, 1.165) is 34.8 Å². The predicted octanol–water partition coefficient (Wildman–Crippen LogP) is 12.2. The van der Waals surface area contributed by atoms with Crippen molar-refractivity contribution in [1.82, 2.24) is 0 Å². The number of unbranched alkanes of at least 4 members (excludes halogenated alkanes) is 3. The van der Waals surface area contributed by atoms with Gasteiger partial charge in [0.25, 0.3) is 0 Å². The van der Waals surface area contributed by atoms with Crippen LogP contribution in [0.4, 0.5) is 4.39 Å². The maximum absolute atomic E-state index is 15.4. The molecule has 0 radical (unpaired) electrons. The van der Waals surface area contributed by atoms with Gasteiger partial charge in [0.05, 0.1) is 0 Å². The van der Waals surface area contributed by atoms with Gasteiger partial charge >= 0.3 is 0 Å². The summed E-state index contributed by atoms with van der Waals surface area (Å²) < 4.78 is 15.4. The van der Waals surface area contributed by atoms with Gasteiger partial charge in [-0.05, 0) is 122 Å². The highest BCUT2D eigenvalue weighted by atomic mass is 19.1. The molecule has 3 fully saturated rings. The first-order valence-electron chi connectivity index (χ1n) is 17.0. The Morgan fingerprint density at radius 3 is 1.77 bits per heavy atom. The molecule has 2 aromatic carbocycles. The highest BCUT2D eigenvalue weighted by molar-refractivity contribution is 5.65. The lowest BCUT2D eigenvalue weighted by Gasteiger charge is -2.38. The zero-order valence-electron chi connectivity index (χ0n) is 25.1. The first-order chi connectivity index (χ1) is 19.1. The van der Waals surface area contributed by atoms with Crippen LogP contribution in [0.3, 0.4) is 0 Å². The lowest BCUT2D eigenvalue weighted by molar-refractivity contribution is 0.155. The molecule has 0 bridgehead atoms. The maximum atomic E-state index is 15.4. The van der Waals surface area contributed by atoms with E-state index in [1.807, 2.05) is 6.07 Å². The van der Waals surface area contributed by atoms with Crippen molar-refractivity contribution in [3.05, 3.63) is 59.4 Å². The van der Waals surface area contributed by atoms with Crippen LogP contribution in [0.5, 0.6) is 0 Å². The highest BCUT2D eigenvalue weighted by Crippen LogP contribution is 2.45. The fraction of sp³-hybridized carbons (Fsp3) is 0.684. The zero-order valence-corrected chi connectivity index (χ0v) is 25.1. The summed E-state index contributed by atoms with van der Waals surface area (Å²) in [5.41, 5.74) is 4.46. The number of hydrogen-bond donors (Lipinski definition) is 0. The lowest BCUT2D eigenvalue weighted by Crippen LogP contribution is -2.25. The second kappa shape index (κ2) is 14.3. The van der Waals surface area contributed by atoms with Crippen molar-refractivity contribution in [1.29, 1.82) is 0 Å². The molecular weight excluding hydrogens is 475 g/mol. The Bertz CT molecular complexity index is 982. The van der Waals surface area contributed by atoms with E-state index in [2.05, 4.69) is 50.2 Å². The van der Waals surface area contributed by atoms with Gasteiger partial charge in [-0.1, -0.05) is 102 Å². The summed E-state index contributed by atoms with van der Waals surface area (Å²) >= 11 is 0. The number of hydrogen-bond acceptors (Lipinski definition) is 0. The molecule has 3 aliphatic rings. The summed E-state index contributed by atoms with van der Waals surface area (Å²) in [5.74, 6) is 5.00. The molecule has 0 saturated heterocycles. The smallest absolute Gasteiger partial charge is 0.131 e. The van der Waals surface area contributed by atoms with Gasteiger partial charge in [0, 0.05) is 5.56 Å². The average Bonchev–Trinajstić information content (AvgIpc) is 3.00. The van der Waals surface area contributed by atoms with Crippen molar-refractivity contribution >= 4 is 0 Å². The van der Waals surface area contributed by atoms with E-state index >= 15 is 4.39 Å². The van der Waals surface area contributed by atoms with Crippen LogP contribution in [-0.4, -0.2) is 0 Å². The summed E-state index contributed by atoms with van der Waals surface area (Å²) in [6.07, 6.45) is 24.9. The Hall–Kier alpha value is -1.63. The van der Waals surface area contributed by atoms with Crippen LogP contribution >= 0.6 is 0 Å². The fourth-order valence-corrected chi connectivity index (χ4v) is 8.59. The number of benzene rings is 2. The third kappa shape index (κ3) is 7.56. The molecule has 3 saturated carbocycles. The fourth-order valence-electron chi connectivity index (χ4n) is 8.59. The minimum Gasteiger partial charge on any atom is -0.206 e. The van der Waals surface area contributed by atoms with Gasteiger partial charge in [0.2, 0.25) is 0 Å². The molecule has 0 nitrogen and oxygen atoms in total. The third-order valence-corrected chi connectivity index (χ3v) is 11.4. The van der Waals surface area contributed by atoms with E-state index < -0.39 is 0 Å². The average molecular weight is 531 g/mol. The van der Waals surface area contributed by atoms with Crippen molar-refractivity contribution in [2.45, 2.75) is 141 Å². The summed E-state index contributed by atoms with van der Waals surface area (Å²) in [5, 5.41) is 0. The molecule has 3 aliphatic carbocycles. The van der Waals surface area contributed by atoms with Crippen LogP contribution in [0, 0.1) is 29.5 Å². The second-order valence-corrected chi connectivity index (χ2v) is 13.7. The summed E-state index contributed by atoms with van der Waals surface area (Å²) in [7, 11) is 0. The standard InChI is InChI=1S/C38H55F/c1-3-5-6-7-8-29-11-15-31(16-12-29)32-17-19-34(20-18-32)36-25-26-37(38(39)27-36)35-23-21-33(22-24-35)30-13-9-28(4-2)10-14-30/h21-32,34H,3-20H2,1-2H3. The molecule has 0 heterocycles. The van der Waals surface area contributed by atoms with Crippen molar-refractivity contribution in [3.8, 4) is 11.1 Å². The Labute approximate surface area is 239 Å². The monoisotopic (exact) mass is 530 g/mol. The molecule has 39 heavy (non-hydrogen) atoms. The van der Waals surface area contributed by atoms with E-state index in [0.29, 0.717) is 11.8 Å². The summed E-state index contributed by atoms with van der Waals surface area (Å²) in [6, 6.07) is 15.0. The molecule has 1 heteroatoms.